The molecule has 0 saturated carbocycles. The van der Waals surface area contributed by atoms with Gasteiger partial charge < -0.3 is 15.4 Å². The smallest absolute Gasteiger partial charge is 0.226 e. The van der Waals surface area contributed by atoms with Crippen molar-refractivity contribution in [3.8, 4) is 0 Å². The summed E-state index contributed by atoms with van der Waals surface area (Å²) in [6.07, 6.45) is 3.76. The Bertz CT molecular complexity index is 557. The normalized spacial score (nSPS) is 17.0. The summed E-state index contributed by atoms with van der Waals surface area (Å²) in [7, 11) is 0. The number of anilines is 1. The highest BCUT2D eigenvalue weighted by Crippen LogP contribution is 2.22. The fourth-order valence-corrected chi connectivity index (χ4v) is 2.70. The molecule has 0 aliphatic carbocycles. The number of halogens is 1. The van der Waals surface area contributed by atoms with Gasteiger partial charge in [0.1, 0.15) is 0 Å². The number of ether oxygens (including phenoxy) is 1. The molecule has 1 aliphatic rings. The molecule has 0 aromatic heterocycles. The zero-order valence-electron chi connectivity index (χ0n) is 13.4. The van der Waals surface area contributed by atoms with E-state index in [0.717, 1.165) is 31.4 Å². The molecule has 6 heteroatoms. The SMILES string of the molecule is Cc1c(Cl)cccc1NC(=O)CCNC(=O)CC[C@H]1CCCO1. The summed E-state index contributed by atoms with van der Waals surface area (Å²) in [5, 5.41) is 6.19. The first-order chi connectivity index (χ1) is 11.1. The molecule has 1 heterocycles. The van der Waals surface area contributed by atoms with E-state index in [9.17, 15) is 9.59 Å². The zero-order chi connectivity index (χ0) is 16.7. The molecule has 1 aliphatic heterocycles. The van der Waals surface area contributed by atoms with Gasteiger partial charge in [-0.05, 0) is 43.9 Å². The summed E-state index contributed by atoms with van der Waals surface area (Å²) in [5.41, 5.74) is 1.54. The van der Waals surface area contributed by atoms with Gasteiger partial charge in [0.25, 0.3) is 0 Å². The van der Waals surface area contributed by atoms with Crippen molar-refractivity contribution in [2.75, 3.05) is 18.5 Å². The lowest BCUT2D eigenvalue weighted by atomic mass is 10.1. The number of rotatable bonds is 7. The lowest BCUT2D eigenvalue weighted by Gasteiger charge is -2.11. The second-order valence-electron chi connectivity index (χ2n) is 5.73. The van der Waals surface area contributed by atoms with Gasteiger partial charge >= 0.3 is 0 Å². The Balaban J connectivity index is 1.64. The predicted octanol–water partition coefficient (Wildman–Crippen LogP) is 3.05. The fraction of sp³-hybridized carbons (Fsp3) is 0.529. The van der Waals surface area contributed by atoms with Gasteiger partial charge in [0.15, 0.2) is 0 Å². The minimum atomic E-state index is -0.144. The first kappa shape index (κ1) is 17.8. The van der Waals surface area contributed by atoms with Crippen LogP contribution in [0, 0.1) is 6.92 Å². The number of hydrogen-bond acceptors (Lipinski definition) is 3. The summed E-state index contributed by atoms with van der Waals surface area (Å²) in [5.74, 6) is -0.179. The Kier molecular flexibility index (Phi) is 6.86. The molecule has 0 bridgehead atoms. The Morgan fingerprint density at radius 3 is 2.87 bits per heavy atom. The average molecular weight is 339 g/mol. The molecule has 0 unspecified atom stereocenters. The molecular weight excluding hydrogens is 316 g/mol. The van der Waals surface area contributed by atoms with Crippen LogP contribution >= 0.6 is 11.6 Å². The van der Waals surface area contributed by atoms with Crippen LogP contribution in [0.2, 0.25) is 5.02 Å². The lowest BCUT2D eigenvalue weighted by Crippen LogP contribution is -2.28. The molecule has 126 valence electrons. The van der Waals surface area contributed by atoms with Crippen LogP contribution in [-0.4, -0.2) is 31.1 Å². The molecule has 2 N–H and O–H groups in total. The summed E-state index contributed by atoms with van der Waals surface area (Å²) in [6, 6.07) is 5.37. The molecule has 23 heavy (non-hydrogen) atoms. The van der Waals surface area contributed by atoms with Crippen molar-refractivity contribution in [3.63, 3.8) is 0 Å². The maximum absolute atomic E-state index is 11.9. The molecule has 0 spiro atoms. The third kappa shape index (κ3) is 5.84. The van der Waals surface area contributed by atoms with Gasteiger partial charge in [0.05, 0.1) is 6.10 Å². The van der Waals surface area contributed by atoms with Crippen LogP contribution < -0.4 is 10.6 Å². The van der Waals surface area contributed by atoms with Crippen molar-refractivity contribution in [2.45, 2.75) is 45.1 Å². The first-order valence-electron chi connectivity index (χ1n) is 7.99. The summed E-state index contributed by atoms with van der Waals surface area (Å²) in [6.45, 7) is 2.98. The quantitative estimate of drug-likeness (QED) is 0.803. The van der Waals surface area contributed by atoms with Gasteiger partial charge in [-0.2, -0.15) is 0 Å². The van der Waals surface area contributed by atoms with Crippen molar-refractivity contribution < 1.29 is 14.3 Å². The molecule has 0 radical (unpaired) electrons. The van der Waals surface area contributed by atoms with Crippen LogP contribution in [-0.2, 0) is 14.3 Å². The van der Waals surface area contributed by atoms with E-state index in [1.54, 1.807) is 18.2 Å². The number of carbonyl (C=O) groups is 2. The van der Waals surface area contributed by atoms with Crippen molar-refractivity contribution in [2.24, 2.45) is 0 Å². The minimum Gasteiger partial charge on any atom is -0.378 e. The maximum Gasteiger partial charge on any atom is 0.226 e. The van der Waals surface area contributed by atoms with E-state index in [1.165, 1.54) is 0 Å². The molecule has 2 rings (SSSR count). The highest BCUT2D eigenvalue weighted by Gasteiger charge is 2.16. The second-order valence-corrected chi connectivity index (χ2v) is 6.14. The van der Waals surface area contributed by atoms with Crippen LogP contribution in [0.1, 0.15) is 37.7 Å². The number of hydrogen-bond donors (Lipinski definition) is 2. The predicted molar refractivity (Wildman–Crippen MR) is 90.7 cm³/mol. The zero-order valence-corrected chi connectivity index (χ0v) is 14.1. The number of benzene rings is 1. The third-order valence-electron chi connectivity index (χ3n) is 3.93. The van der Waals surface area contributed by atoms with Crippen molar-refractivity contribution in [1.29, 1.82) is 0 Å². The summed E-state index contributed by atoms with van der Waals surface area (Å²) < 4.78 is 5.48. The molecular formula is C17H23ClN2O3. The Labute approximate surface area is 141 Å². The van der Waals surface area contributed by atoms with Gasteiger partial charge in [-0.3, -0.25) is 9.59 Å². The highest BCUT2D eigenvalue weighted by atomic mass is 35.5. The van der Waals surface area contributed by atoms with Gasteiger partial charge in [0.2, 0.25) is 11.8 Å². The van der Waals surface area contributed by atoms with Crippen LogP contribution in [0.15, 0.2) is 18.2 Å². The van der Waals surface area contributed by atoms with Crippen LogP contribution in [0.5, 0.6) is 0 Å². The molecule has 1 atom stereocenters. The number of nitrogens with one attached hydrogen (secondary N) is 2. The highest BCUT2D eigenvalue weighted by molar-refractivity contribution is 6.31. The summed E-state index contributed by atoms with van der Waals surface area (Å²) >= 11 is 6.01. The van der Waals surface area contributed by atoms with E-state index in [4.69, 9.17) is 16.3 Å². The van der Waals surface area contributed by atoms with Crippen molar-refractivity contribution in [3.05, 3.63) is 28.8 Å². The Hall–Kier alpha value is -1.59. The monoisotopic (exact) mass is 338 g/mol. The van der Waals surface area contributed by atoms with Crippen molar-refractivity contribution in [1.82, 2.24) is 5.32 Å². The topological polar surface area (TPSA) is 67.4 Å². The van der Waals surface area contributed by atoms with Crippen LogP contribution in [0.25, 0.3) is 0 Å². The average Bonchev–Trinajstić information content (AvgIpc) is 3.03. The third-order valence-corrected chi connectivity index (χ3v) is 4.34. The van der Waals surface area contributed by atoms with Gasteiger partial charge in [0, 0.05) is 36.7 Å². The minimum absolute atomic E-state index is 0.0350. The van der Waals surface area contributed by atoms with E-state index in [0.29, 0.717) is 23.7 Å². The molecule has 1 fully saturated rings. The van der Waals surface area contributed by atoms with Crippen LogP contribution in [0.3, 0.4) is 0 Å². The standard InChI is InChI=1S/C17H23ClN2O3/c1-12-14(18)5-2-6-15(12)20-17(22)9-10-19-16(21)8-7-13-4-3-11-23-13/h2,5-6,13H,3-4,7-11H2,1H3,(H,19,21)(H,20,22)/t13-/m1/s1. The lowest BCUT2D eigenvalue weighted by molar-refractivity contribution is -0.121. The van der Waals surface area contributed by atoms with E-state index >= 15 is 0 Å². The fourth-order valence-electron chi connectivity index (χ4n) is 2.52. The Morgan fingerprint density at radius 2 is 2.13 bits per heavy atom. The number of amides is 2. The molecule has 5 nitrogen and oxygen atoms in total. The largest absolute Gasteiger partial charge is 0.378 e. The number of carbonyl (C=O) groups excluding carboxylic acids is 2. The molecule has 1 saturated heterocycles. The maximum atomic E-state index is 11.9. The second kappa shape index (κ2) is 8.89. The Morgan fingerprint density at radius 1 is 1.30 bits per heavy atom. The van der Waals surface area contributed by atoms with E-state index in [-0.39, 0.29) is 24.3 Å². The van der Waals surface area contributed by atoms with E-state index in [2.05, 4.69) is 10.6 Å². The van der Waals surface area contributed by atoms with E-state index in [1.807, 2.05) is 6.92 Å². The summed E-state index contributed by atoms with van der Waals surface area (Å²) in [4.78, 5) is 23.6. The molecule has 2 amide bonds. The van der Waals surface area contributed by atoms with Gasteiger partial charge in [-0.1, -0.05) is 17.7 Å². The van der Waals surface area contributed by atoms with Crippen LogP contribution in [0.4, 0.5) is 5.69 Å². The first-order valence-corrected chi connectivity index (χ1v) is 8.37. The molecule has 1 aromatic rings. The van der Waals surface area contributed by atoms with E-state index < -0.39 is 0 Å². The van der Waals surface area contributed by atoms with Crippen molar-refractivity contribution >= 4 is 29.1 Å². The molecule has 1 aromatic carbocycles. The van der Waals surface area contributed by atoms with Gasteiger partial charge in [-0.15, -0.1) is 0 Å². The van der Waals surface area contributed by atoms with Gasteiger partial charge in [-0.25, -0.2) is 0 Å².